The van der Waals surface area contributed by atoms with Crippen molar-refractivity contribution >= 4 is 0 Å². The smallest absolute Gasteiger partial charge is 0.0713 e. The van der Waals surface area contributed by atoms with Crippen LogP contribution in [0.15, 0.2) is 0 Å². The van der Waals surface area contributed by atoms with Gasteiger partial charge in [-0.25, -0.2) is 0 Å². The van der Waals surface area contributed by atoms with Gasteiger partial charge in [0.25, 0.3) is 0 Å². The van der Waals surface area contributed by atoms with Crippen LogP contribution in [0.2, 0.25) is 0 Å². The molecule has 1 saturated heterocycles. The molecule has 0 bridgehead atoms. The second-order valence-electron chi connectivity index (χ2n) is 3.07. The Hall–Kier alpha value is -0.120. The van der Waals surface area contributed by atoms with Crippen molar-refractivity contribution in [2.75, 3.05) is 27.2 Å². The summed E-state index contributed by atoms with van der Waals surface area (Å²) < 4.78 is 5.21. The number of nitrogens with two attached hydrogens (primary N) is 1. The van der Waals surface area contributed by atoms with Crippen molar-refractivity contribution in [3.05, 3.63) is 0 Å². The van der Waals surface area contributed by atoms with Crippen molar-refractivity contribution in [1.29, 1.82) is 0 Å². The van der Waals surface area contributed by atoms with Gasteiger partial charge in [0.05, 0.1) is 6.10 Å². The molecule has 1 heterocycles. The molecule has 0 aliphatic carbocycles. The summed E-state index contributed by atoms with van der Waals surface area (Å²) in [4.78, 5) is 2.21. The molecule has 3 heteroatoms. The molecule has 1 aliphatic heterocycles. The lowest BCUT2D eigenvalue weighted by molar-refractivity contribution is 0.0330. The second kappa shape index (κ2) is 3.32. The number of hydrogen-bond donors (Lipinski definition) is 1. The van der Waals surface area contributed by atoms with Crippen LogP contribution < -0.4 is 5.73 Å². The molecule has 0 unspecified atom stereocenters. The predicted molar refractivity (Wildman–Crippen MR) is 40.9 cm³/mol. The largest absolute Gasteiger partial charge is 0.380 e. The Balaban J connectivity index is 2.35. The van der Waals surface area contributed by atoms with E-state index in [4.69, 9.17) is 10.5 Å². The highest BCUT2D eigenvalue weighted by molar-refractivity contribution is 4.79. The molecule has 1 aliphatic rings. The SMILES string of the molecule is CO[C@@H]1C[C@H](N)CN(C)C1. The zero-order chi connectivity index (χ0) is 7.56. The quantitative estimate of drug-likeness (QED) is 0.547. The molecular weight excluding hydrogens is 128 g/mol. The Morgan fingerprint density at radius 1 is 1.50 bits per heavy atom. The minimum absolute atomic E-state index is 0.295. The minimum Gasteiger partial charge on any atom is -0.380 e. The summed E-state index contributed by atoms with van der Waals surface area (Å²) in [6.45, 7) is 2.02. The summed E-state index contributed by atoms with van der Waals surface area (Å²) in [7, 11) is 3.82. The van der Waals surface area contributed by atoms with Crippen LogP contribution in [-0.4, -0.2) is 44.3 Å². The molecular formula is C7H16N2O. The van der Waals surface area contributed by atoms with Crippen LogP contribution in [-0.2, 0) is 4.74 Å². The molecule has 2 atom stereocenters. The van der Waals surface area contributed by atoms with Crippen LogP contribution in [0.1, 0.15) is 6.42 Å². The summed E-state index contributed by atoms with van der Waals surface area (Å²) in [6, 6.07) is 0.295. The third-order valence-electron chi connectivity index (χ3n) is 1.96. The number of rotatable bonds is 1. The first-order valence-corrected chi connectivity index (χ1v) is 3.69. The third-order valence-corrected chi connectivity index (χ3v) is 1.96. The summed E-state index contributed by atoms with van der Waals surface area (Å²) in [5.41, 5.74) is 5.77. The van der Waals surface area contributed by atoms with E-state index in [9.17, 15) is 0 Å². The molecule has 0 spiro atoms. The number of nitrogens with zero attached hydrogens (tertiary/aromatic N) is 1. The number of methoxy groups -OCH3 is 1. The predicted octanol–water partition coefficient (Wildman–Crippen LogP) is -0.336. The van der Waals surface area contributed by atoms with E-state index >= 15 is 0 Å². The fraction of sp³-hybridized carbons (Fsp3) is 1.00. The highest BCUT2D eigenvalue weighted by Crippen LogP contribution is 2.09. The van der Waals surface area contributed by atoms with Crippen LogP contribution >= 0.6 is 0 Å². The molecule has 10 heavy (non-hydrogen) atoms. The lowest BCUT2D eigenvalue weighted by atomic mass is 10.1. The maximum atomic E-state index is 5.77. The van der Waals surface area contributed by atoms with Crippen molar-refractivity contribution in [1.82, 2.24) is 4.90 Å². The van der Waals surface area contributed by atoms with Crippen LogP contribution in [0.4, 0.5) is 0 Å². The van der Waals surface area contributed by atoms with Gasteiger partial charge in [-0.05, 0) is 13.5 Å². The van der Waals surface area contributed by atoms with E-state index in [-0.39, 0.29) is 0 Å². The maximum Gasteiger partial charge on any atom is 0.0713 e. The first kappa shape index (κ1) is 7.98. The lowest BCUT2D eigenvalue weighted by Crippen LogP contribution is -2.47. The minimum atomic E-state index is 0.295. The molecule has 0 radical (unpaired) electrons. The van der Waals surface area contributed by atoms with Crippen LogP contribution in [0.5, 0.6) is 0 Å². The molecule has 1 rings (SSSR count). The standard InChI is InChI=1S/C7H16N2O/c1-9-4-6(8)3-7(5-9)10-2/h6-7H,3-5,8H2,1-2H3/t6-,7+/m0/s1. The van der Waals surface area contributed by atoms with Crippen molar-refractivity contribution < 1.29 is 4.74 Å². The van der Waals surface area contributed by atoms with Crippen molar-refractivity contribution in [2.45, 2.75) is 18.6 Å². The molecule has 2 N–H and O–H groups in total. The van der Waals surface area contributed by atoms with E-state index in [1.165, 1.54) is 0 Å². The summed E-state index contributed by atoms with van der Waals surface area (Å²) in [5.74, 6) is 0. The van der Waals surface area contributed by atoms with E-state index < -0.39 is 0 Å². The van der Waals surface area contributed by atoms with Gasteiger partial charge >= 0.3 is 0 Å². The Morgan fingerprint density at radius 3 is 2.70 bits per heavy atom. The fourth-order valence-electron chi connectivity index (χ4n) is 1.48. The molecule has 0 aromatic heterocycles. The zero-order valence-corrected chi connectivity index (χ0v) is 6.71. The van der Waals surface area contributed by atoms with Crippen molar-refractivity contribution in [2.24, 2.45) is 5.73 Å². The van der Waals surface area contributed by atoms with Crippen LogP contribution in [0, 0.1) is 0 Å². The van der Waals surface area contributed by atoms with Crippen LogP contribution in [0.3, 0.4) is 0 Å². The van der Waals surface area contributed by atoms with Crippen LogP contribution in [0.25, 0.3) is 0 Å². The zero-order valence-electron chi connectivity index (χ0n) is 6.71. The van der Waals surface area contributed by atoms with Gasteiger partial charge in [-0.1, -0.05) is 0 Å². The van der Waals surface area contributed by atoms with Gasteiger partial charge in [-0.2, -0.15) is 0 Å². The summed E-state index contributed by atoms with van der Waals surface area (Å²) >= 11 is 0. The van der Waals surface area contributed by atoms with Gasteiger partial charge in [-0.3, -0.25) is 0 Å². The van der Waals surface area contributed by atoms with Gasteiger partial charge < -0.3 is 15.4 Å². The normalized spacial score (nSPS) is 36.3. The number of likely N-dealkylation sites (tertiary alicyclic amines) is 1. The molecule has 0 aromatic carbocycles. The van der Waals surface area contributed by atoms with E-state index in [0.29, 0.717) is 12.1 Å². The summed E-state index contributed by atoms with van der Waals surface area (Å²) in [6.07, 6.45) is 1.34. The second-order valence-corrected chi connectivity index (χ2v) is 3.07. The number of likely N-dealkylation sites (N-methyl/N-ethyl adjacent to an activating group) is 1. The Bertz CT molecular complexity index is 97.8. The first-order chi connectivity index (χ1) is 4.72. The van der Waals surface area contributed by atoms with Gasteiger partial charge in [0.1, 0.15) is 0 Å². The third kappa shape index (κ3) is 1.94. The maximum absolute atomic E-state index is 5.77. The first-order valence-electron chi connectivity index (χ1n) is 3.69. The van der Waals surface area contributed by atoms with E-state index in [0.717, 1.165) is 19.5 Å². The number of hydrogen-bond acceptors (Lipinski definition) is 3. The molecule has 60 valence electrons. The van der Waals surface area contributed by atoms with Gasteiger partial charge in [-0.15, -0.1) is 0 Å². The van der Waals surface area contributed by atoms with E-state index in [2.05, 4.69) is 11.9 Å². The average molecular weight is 144 g/mol. The summed E-state index contributed by atoms with van der Waals surface area (Å²) in [5, 5.41) is 0. The average Bonchev–Trinajstić information content (AvgIpc) is 1.85. The van der Waals surface area contributed by atoms with E-state index in [1.54, 1.807) is 7.11 Å². The highest BCUT2D eigenvalue weighted by Gasteiger charge is 2.21. The Morgan fingerprint density at radius 2 is 2.20 bits per heavy atom. The fourth-order valence-corrected chi connectivity index (χ4v) is 1.48. The molecule has 0 aromatic rings. The molecule has 0 saturated carbocycles. The highest BCUT2D eigenvalue weighted by atomic mass is 16.5. The molecule has 1 fully saturated rings. The van der Waals surface area contributed by atoms with E-state index in [1.807, 2.05) is 0 Å². The van der Waals surface area contributed by atoms with Gasteiger partial charge in [0.2, 0.25) is 0 Å². The monoisotopic (exact) mass is 144 g/mol. The van der Waals surface area contributed by atoms with Crippen molar-refractivity contribution in [3.63, 3.8) is 0 Å². The number of piperidine rings is 1. The Kier molecular flexibility index (Phi) is 2.65. The van der Waals surface area contributed by atoms with Gasteiger partial charge in [0, 0.05) is 26.2 Å². The number of ether oxygens (including phenoxy) is 1. The van der Waals surface area contributed by atoms with Crippen molar-refractivity contribution in [3.8, 4) is 0 Å². The Labute approximate surface area is 62.1 Å². The molecule has 3 nitrogen and oxygen atoms in total. The van der Waals surface area contributed by atoms with Gasteiger partial charge in [0.15, 0.2) is 0 Å². The topological polar surface area (TPSA) is 38.5 Å². The molecule has 0 amide bonds. The lowest BCUT2D eigenvalue weighted by Gasteiger charge is -2.32.